The maximum absolute atomic E-state index is 5.43. The highest BCUT2D eigenvalue weighted by molar-refractivity contribution is 9.10. The number of fused-ring (bicyclic) bond motifs is 1. The molecule has 2 unspecified atom stereocenters. The van der Waals surface area contributed by atoms with E-state index in [-0.39, 0.29) is 0 Å². The van der Waals surface area contributed by atoms with Crippen molar-refractivity contribution in [2.45, 2.75) is 44.7 Å². The molecule has 4 heteroatoms. The Morgan fingerprint density at radius 3 is 2.52 bits per heavy atom. The smallest absolute Gasteiger partial charge is 0.119 e. The van der Waals surface area contributed by atoms with E-state index < -0.39 is 0 Å². The van der Waals surface area contributed by atoms with Crippen LogP contribution in [-0.2, 0) is 12.8 Å². The quantitative estimate of drug-likeness (QED) is 0.730. The van der Waals surface area contributed by atoms with Gasteiger partial charge in [-0.2, -0.15) is 0 Å². The number of hydrogen-bond acceptors (Lipinski definition) is 3. The van der Waals surface area contributed by atoms with Gasteiger partial charge in [0.25, 0.3) is 0 Å². The molecule has 0 spiro atoms. The van der Waals surface area contributed by atoms with Crippen molar-refractivity contribution in [2.24, 2.45) is 0 Å². The van der Waals surface area contributed by atoms with E-state index in [1.54, 1.807) is 14.2 Å². The molecule has 2 atom stereocenters. The first-order valence-corrected chi connectivity index (χ1v) is 9.69. The SMILES string of the molecule is CCCC1Cc2cc(OC)ccc2C(Cc2cc(OC)ccc2Br)N1. The fourth-order valence-electron chi connectivity index (χ4n) is 3.68. The van der Waals surface area contributed by atoms with Gasteiger partial charge in [-0.15, -0.1) is 0 Å². The minimum Gasteiger partial charge on any atom is -0.497 e. The second kappa shape index (κ2) is 8.24. The van der Waals surface area contributed by atoms with Crippen LogP contribution in [0.15, 0.2) is 40.9 Å². The molecule has 1 N–H and O–H groups in total. The summed E-state index contributed by atoms with van der Waals surface area (Å²) < 4.78 is 12.0. The first-order chi connectivity index (χ1) is 12.1. The molecule has 0 saturated heterocycles. The maximum Gasteiger partial charge on any atom is 0.119 e. The van der Waals surface area contributed by atoms with Gasteiger partial charge in [-0.3, -0.25) is 0 Å². The van der Waals surface area contributed by atoms with Crippen molar-refractivity contribution < 1.29 is 9.47 Å². The van der Waals surface area contributed by atoms with Crippen LogP contribution in [0.1, 0.15) is 42.5 Å². The Morgan fingerprint density at radius 2 is 1.80 bits per heavy atom. The number of hydrogen-bond donors (Lipinski definition) is 1. The molecule has 0 saturated carbocycles. The first-order valence-electron chi connectivity index (χ1n) is 8.89. The zero-order chi connectivity index (χ0) is 17.8. The first kappa shape index (κ1) is 18.3. The highest BCUT2D eigenvalue weighted by Crippen LogP contribution is 2.34. The Morgan fingerprint density at radius 1 is 1.08 bits per heavy atom. The minimum atomic E-state index is 0.301. The second-order valence-corrected chi connectivity index (χ2v) is 7.49. The molecule has 0 bridgehead atoms. The van der Waals surface area contributed by atoms with Crippen molar-refractivity contribution in [1.82, 2.24) is 5.32 Å². The Balaban J connectivity index is 1.92. The number of benzene rings is 2. The van der Waals surface area contributed by atoms with E-state index >= 15 is 0 Å². The summed E-state index contributed by atoms with van der Waals surface area (Å²) in [7, 11) is 3.45. The van der Waals surface area contributed by atoms with Crippen molar-refractivity contribution in [3.63, 3.8) is 0 Å². The number of methoxy groups -OCH3 is 2. The number of rotatable bonds is 6. The summed E-state index contributed by atoms with van der Waals surface area (Å²) in [6, 6.07) is 13.5. The van der Waals surface area contributed by atoms with Gasteiger partial charge in [0.2, 0.25) is 0 Å². The molecule has 134 valence electrons. The molecular weight excluding hydrogens is 378 g/mol. The van der Waals surface area contributed by atoms with Gasteiger partial charge < -0.3 is 14.8 Å². The summed E-state index contributed by atoms with van der Waals surface area (Å²) >= 11 is 3.69. The third-order valence-electron chi connectivity index (χ3n) is 4.94. The normalized spacial score (nSPS) is 19.4. The Kier molecular flexibility index (Phi) is 6.02. The molecule has 0 amide bonds. The van der Waals surface area contributed by atoms with Crippen molar-refractivity contribution >= 4 is 15.9 Å². The van der Waals surface area contributed by atoms with Gasteiger partial charge in [-0.05, 0) is 66.3 Å². The van der Waals surface area contributed by atoms with Crippen LogP contribution in [0.2, 0.25) is 0 Å². The number of ether oxygens (including phenoxy) is 2. The predicted molar refractivity (Wildman–Crippen MR) is 106 cm³/mol. The van der Waals surface area contributed by atoms with Gasteiger partial charge in [-0.1, -0.05) is 35.3 Å². The highest BCUT2D eigenvalue weighted by atomic mass is 79.9. The van der Waals surface area contributed by atoms with Crippen LogP contribution in [-0.4, -0.2) is 20.3 Å². The molecular formula is C21H26BrNO2. The lowest BCUT2D eigenvalue weighted by atomic mass is 9.86. The van der Waals surface area contributed by atoms with E-state index in [0.717, 1.165) is 28.8 Å². The van der Waals surface area contributed by atoms with Crippen LogP contribution >= 0.6 is 15.9 Å². The Labute approximate surface area is 158 Å². The predicted octanol–water partition coefficient (Wildman–Crippen LogP) is 5.06. The van der Waals surface area contributed by atoms with Crippen LogP contribution in [0.5, 0.6) is 11.5 Å². The van der Waals surface area contributed by atoms with Crippen molar-refractivity contribution in [3.05, 3.63) is 57.6 Å². The maximum atomic E-state index is 5.43. The van der Waals surface area contributed by atoms with Gasteiger partial charge >= 0.3 is 0 Å². The summed E-state index contributed by atoms with van der Waals surface area (Å²) in [4.78, 5) is 0. The molecule has 2 aromatic carbocycles. The van der Waals surface area contributed by atoms with E-state index in [2.05, 4.69) is 58.5 Å². The van der Waals surface area contributed by atoms with Gasteiger partial charge in [0.15, 0.2) is 0 Å². The molecule has 25 heavy (non-hydrogen) atoms. The van der Waals surface area contributed by atoms with Gasteiger partial charge in [0.05, 0.1) is 14.2 Å². The van der Waals surface area contributed by atoms with Gasteiger partial charge in [0, 0.05) is 16.6 Å². The molecule has 2 aromatic rings. The molecule has 0 aromatic heterocycles. The van der Waals surface area contributed by atoms with Crippen LogP contribution in [0.25, 0.3) is 0 Å². The van der Waals surface area contributed by atoms with E-state index in [1.807, 2.05) is 6.07 Å². The van der Waals surface area contributed by atoms with Crippen LogP contribution in [0, 0.1) is 0 Å². The minimum absolute atomic E-state index is 0.301. The van der Waals surface area contributed by atoms with E-state index in [0.29, 0.717) is 12.1 Å². The summed E-state index contributed by atoms with van der Waals surface area (Å²) in [5.41, 5.74) is 4.04. The van der Waals surface area contributed by atoms with E-state index in [4.69, 9.17) is 9.47 Å². The van der Waals surface area contributed by atoms with Crippen LogP contribution in [0.3, 0.4) is 0 Å². The molecule has 0 radical (unpaired) electrons. The lowest BCUT2D eigenvalue weighted by Gasteiger charge is -2.34. The summed E-state index contributed by atoms with van der Waals surface area (Å²) in [6.07, 6.45) is 4.37. The molecule has 1 heterocycles. The van der Waals surface area contributed by atoms with Crippen molar-refractivity contribution in [2.75, 3.05) is 14.2 Å². The van der Waals surface area contributed by atoms with Crippen molar-refractivity contribution in [1.29, 1.82) is 0 Å². The number of nitrogens with one attached hydrogen (secondary N) is 1. The molecule has 3 nitrogen and oxygen atoms in total. The third-order valence-corrected chi connectivity index (χ3v) is 5.72. The van der Waals surface area contributed by atoms with Gasteiger partial charge in [-0.25, -0.2) is 0 Å². The topological polar surface area (TPSA) is 30.5 Å². The molecule has 0 fully saturated rings. The lowest BCUT2D eigenvalue weighted by Crippen LogP contribution is -2.40. The largest absolute Gasteiger partial charge is 0.497 e. The fraction of sp³-hybridized carbons (Fsp3) is 0.429. The standard InChI is InChI=1S/C21H26BrNO2/c1-4-5-16-10-14-11-17(24-2)6-8-19(14)21(23-16)13-15-12-18(25-3)7-9-20(15)22/h6-9,11-12,16,21,23H,4-5,10,13H2,1-3H3. The third kappa shape index (κ3) is 4.18. The second-order valence-electron chi connectivity index (χ2n) is 6.64. The fourth-order valence-corrected chi connectivity index (χ4v) is 4.09. The average molecular weight is 404 g/mol. The molecule has 1 aliphatic heterocycles. The van der Waals surface area contributed by atoms with Gasteiger partial charge in [0.1, 0.15) is 11.5 Å². The number of halogens is 1. The Hall–Kier alpha value is -1.52. The monoisotopic (exact) mass is 403 g/mol. The highest BCUT2D eigenvalue weighted by Gasteiger charge is 2.26. The van der Waals surface area contributed by atoms with E-state index in [9.17, 15) is 0 Å². The Bertz CT molecular complexity index is 732. The summed E-state index contributed by atoms with van der Waals surface area (Å²) in [6.45, 7) is 2.25. The molecule has 0 aliphatic carbocycles. The zero-order valence-electron chi connectivity index (χ0n) is 15.1. The zero-order valence-corrected chi connectivity index (χ0v) is 16.7. The van der Waals surface area contributed by atoms with Crippen LogP contribution in [0.4, 0.5) is 0 Å². The average Bonchev–Trinajstić information content (AvgIpc) is 2.63. The summed E-state index contributed by atoms with van der Waals surface area (Å²) in [5.74, 6) is 1.84. The lowest BCUT2D eigenvalue weighted by molar-refractivity contribution is 0.374. The van der Waals surface area contributed by atoms with E-state index in [1.165, 1.54) is 29.5 Å². The van der Waals surface area contributed by atoms with Crippen molar-refractivity contribution in [3.8, 4) is 11.5 Å². The molecule has 1 aliphatic rings. The molecule has 3 rings (SSSR count). The van der Waals surface area contributed by atoms with Crippen LogP contribution < -0.4 is 14.8 Å². The summed E-state index contributed by atoms with van der Waals surface area (Å²) in [5, 5.41) is 3.86.